The van der Waals surface area contributed by atoms with Crippen molar-refractivity contribution in [1.82, 2.24) is 29.8 Å². The first-order valence-electron chi connectivity index (χ1n) is 10.1. The van der Waals surface area contributed by atoms with Crippen LogP contribution in [0.25, 0.3) is 10.9 Å². The summed E-state index contributed by atoms with van der Waals surface area (Å²) < 4.78 is 5.08. The van der Waals surface area contributed by atoms with E-state index in [0.29, 0.717) is 28.8 Å². The second-order valence-corrected chi connectivity index (χ2v) is 7.36. The van der Waals surface area contributed by atoms with E-state index in [4.69, 9.17) is 10.5 Å². The van der Waals surface area contributed by atoms with Crippen LogP contribution in [0.4, 0.5) is 5.82 Å². The third-order valence-corrected chi connectivity index (χ3v) is 5.20. The van der Waals surface area contributed by atoms with Crippen LogP contribution in [-0.2, 0) is 6.54 Å². The second kappa shape index (κ2) is 8.93. The Balaban J connectivity index is 1.71. The highest BCUT2D eigenvalue weighted by atomic mass is 16.5. The minimum atomic E-state index is -0.394. The molecule has 2 N–H and O–H groups in total. The van der Waals surface area contributed by atoms with Gasteiger partial charge >= 0.3 is 0 Å². The minimum Gasteiger partial charge on any atom is -0.480 e. The van der Waals surface area contributed by atoms with Crippen LogP contribution in [0.15, 0.2) is 55.1 Å². The predicted molar refractivity (Wildman–Crippen MR) is 120 cm³/mol. The molecule has 0 saturated carbocycles. The van der Waals surface area contributed by atoms with E-state index in [2.05, 4.69) is 24.9 Å². The Hall–Kier alpha value is -4.14. The lowest BCUT2D eigenvalue weighted by Gasteiger charge is -2.28. The molecular formula is C23H23N7O2. The molecule has 0 aliphatic heterocycles. The van der Waals surface area contributed by atoms with Crippen molar-refractivity contribution in [3.8, 4) is 5.88 Å². The van der Waals surface area contributed by atoms with Gasteiger partial charge < -0.3 is 15.4 Å². The van der Waals surface area contributed by atoms with Gasteiger partial charge in [0, 0.05) is 23.3 Å². The van der Waals surface area contributed by atoms with Crippen LogP contribution in [0, 0.1) is 6.92 Å². The van der Waals surface area contributed by atoms with Gasteiger partial charge in [0.1, 0.15) is 11.6 Å². The highest BCUT2D eigenvalue weighted by Crippen LogP contribution is 2.25. The SMILES string of the molecule is COc1cnc(CN(C(=O)c2ccc3nc(N)c(C)cc3c2)[C@H](C)c2ncccn2)cn1. The number of benzene rings is 1. The van der Waals surface area contributed by atoms with E-state index in [1.807, 2.05) is 26.0 Å². The van der Waals surface area contributed by atoms with Crippen LogP contribution in [0.1, 0.15) is 40.4 Å². The van der Waals surface area contributed by atoms with Crippen molar-refractivity contribution in [2.75, 3.05) is 12.8 Å². The van der Waals surface area contributed by atoms with E-state index in [-0.39, 0.29) is 12.5 Å². The van der Waals surface area contributed by atoms with Crippen LogP contribution < -0.4 is 10.5 Å². The molecule has 9 nitrogen and oxygen atoms in total. The number of hydrogen-bond donors (Lipinski definition) is 1. The topological polar surface area (TPSA) is 120 Å². The monoisotopic (exact) mass is 429 g/mol. The molecule has 0 fully saturated rings. The van der Waals surface area contributed by atoms with Gasteiger partial charge in [-0.2, -0.15) is 0 Å². The molecule has 1 amide bonds. The Kier molecular flexibility index (Phi) is 5.89. The quantitative estimate of drug-likeness (QED) is 0.496. The summed E-state index contributed by atoms with van der Waals surface area (Å²) in [6.45, 7) is 4.00. The molecule has 1 aromatic carbocycles. The van der Waals surface area contributed by atoms with Crippen molar-refractivity contribution < 1.29 is 9.53 Å². The fourth-order valence-electron chi connectivity index (χ4n) is 3.35. The van der Waals surface area contributed by atoms with Crippen LogP contribution >= 0.6 is 0 Å². The predicted octanol–water partition coefficient (Wildman–Crippen LogP) is 3.12. The molecule has 4 rings (SSSR count). The minimum absolute atomic E-state index is 0.182. The number of ether oxygens (including phenoxy) is 1. The first kappa shape index (κ1) is 21.1. The number of methoxy groups -OCH3 is 1. The molecule has 0 aliphatic carbocycles. The van der Waals surface area contributed by atoms with Gasteiger partial charge in [-0.1, -0.05) is 0 Å². The molecule has 0 aliphatic rings. The number of rotatable bonds is 6. The zero-order valence-corrected chi connectivity index (χ0v) is 18.1. The smallest absolute Gasteiger partial charge is 0.254 e. The molecule has 0 bridgehead atoms. The zero-order valence-electron chi connectivity index (χ0n) is 18.1. The molecular weight excluding hydrogens is 406 g/mol. The van der Waals surface area contributed by atoms with E-state index in [1.54, 1.807) is 41.7 Å². The summed E-state index contributed by atoms with van der Waals surface area (Å²) in [4.78, 5) is 36.9. The summed E-state index contributed by atoms with van der Waals surface area (Å²) in [5.74, 6) is 1.24. The Labute approximate surface area is 185 Å². The Morgan fingerprint density at radius 1 is 1.12 bits per heavy atom. The van der Waals surface area contributed by atoms with E-state index < -0.39 is 6.04 Å². The maximum absolute atomic E-state index is 13.6. The first-order chi connectivity index (χ1) is 15.5. The number of aromatic nitrogens is 5. The number of carbonyl (C=O) groups is 1. The molecule has 0 radical (unpaired) electrons. The van der Waals surface area contributed by atoms with Crippen molar-refractivity contribution in [3.63, 3.8) is 0 Å². The largest absolute Gasteiger partial charge is 0.480 e. The van der Waals surface area contributed by atoms with Gasteiger partial charge in [0.15, 0.2) is 0 Å². The number of nitrogens with zero attached hydrogens (tertiary/aromatic N) is 6. The molecule has 32 heavy (non-hydrogen) atoms. The molecule has 0 spiro atoms. The number of carbonyl (C=O) groups excluding carboxylic acids is 1. The van der Waals surface area contributed by atoms with Crippen molar-refractivity contribution >= 4 is 22.6 Å². The van der Waals surface area contributed by atoms with Crippen LogP contribution in [0.3, 0.4) is 0 Å². The van der Waals surface area contributed by atoms with E-state index in [0.717, 1.165) is 16.5 Å². The lowest BCUT2D eigenvalue weighted by Crippen LogP contribution is -2.34. The van der Waals surface area contributed by atoms with Gasteiger partial charge in [-0.15, -0.1) is 0 Å². The van der Waals surface area contributed by atoms with Crippen LogP contribution in [-0.4, -0.2) is 42.8 Å². The number of nitrogens with two attached hydrogens (primary N) is 1. The van der Waals surface area contributed by atoms with Gasteiger partial charge in [0.25, 0.3) is 5.91 Å². The number of nitrogen functional groups attached to an aromatic ring is 1. The maximum atomic E-state index is 13.6. The summed E-state index contributed by atoms with van der Waals surface area (Å²) in [7, 11) is 1.53. The van der Waals surface area contributed by atoms with Crippen molar-refractivity contribution in [1.29, 1.82) is 0 Å². The van der Waals surface area contributed by atoms with Crippen LogP contribution in [0.5, 0.6) is 5.88 Å². The average molecular weight is 429 g/mol. The number of aryl methyl sites for hydroxylation is 1. The van der Waals surface area contributed by atoms with Crippen LogP contribution in [0.2, 0.25) is 0 Å². The molecule has 0 unspecified atom stereocenters. The maximum Gasteiger partial charge on any atom is 0.254 e. The number of fused-ring (bicyclic) bond motifs is 1. The molecule has 3 aromatic heterocycles. The number of pyridine rings is 1. The standard InChI is InChI=1S/C23H23N7O2/c1-14-9-17-10-16(5-6-19(17)29-21(14)24)23(31)30(15(2)22-25-7-4-8-26-22)13-18-11-28-20(32-3)12-27-18/h4-12,15H,13H2,1-3H3,(H2,24,29)/t15-/m1/s1. The van der Waals surface area contributed by atoms with Crippen molar-refractivity contribution in [2.24, 2.45) is 0 Å². The number of amides is 1. The summed E-state index contributed by atoms with van der Waals surface area (Å²) in [6.07, 6.45) is 6.43. The fourth-order valence-corrected chi connectivity index (χ4v) is 3.35. The highest BCUT2D eigenvalue weighted by Gasteiger charge is 2.26. The highest BCUT2D eigenvalue weighted by molar-refractivity contribution is 5.98. The normalized spacial score (nSPS) is 11.8. The number of hydrogen-bond acceptors (Lipinski definition) is 8. The van der Waals surface area contributed by atoms with E-state index in [1.165, 1.54) is 13.3 Å². The van der Waals surface area contributed by atoms with Crippen molar-refractivity contribution in [3.05, 3.63) is 77.8 Å². The van der Waals surface area contributed by atoms with E-state index in [9.17, 15) is 4.79 Å². The molecule has 162 valence electrons. The average Bonchev–Trinajstić information content (AvgIpc) is 2.83. The zero-order chi connectivity index (χ0) is 22.7. The third-order valence-electron chi connectivity index (χ3n) is 5.20. The molecule has 0 saturated heterocycles. The molecule has 4 aromatic rings. The number of anilines is 1. The summed E-state index contributed by atoms with van der Waals surface area (Å²) in [5.41, 5.74) is 8.65. The van der Waals surface area contributed by atoms with Gasteiger partial charge in [0.2, 0.25) is 5.88 Å². The fraction of sp³-hybridized carbons (Fsp3) is 0.217. The van der Waals surface area contributed by atoms with Gasteiger partial charge in [-0.25, -0.2) is 19.9 Å². The van der Waals surface area contributed by atoms with Gasteiger partial charge in [0.05, 0.1) is 43.3 Å². The molecule has 3 heterocycles. The Morgan fingerprint density at radius 3 is 2.59 bits per heavy atom. The lowest BCUT2D eigenvalue weighted by atomic mass is 10.1. The Morgan fingerprint density at radius 2 is 1.91 bits per heavy atom. The summed E-state index contributed by atoms with van der Waals surface area (Å²) in [6, 6.07) is 8.64. The Bertz CT molecular complexity index is 1250. The van der Waals surface area contributed by atoms with Gasteiger partial charge in [-0.05, 0) is 49.7 Å². The van der Waals surface area contributed by atoms with Gasteiger partial charge in [-0.3, -0.25) is 9.78 Å². The second-order valence-electron chi connectivity index (χ2n) is 7.36. The summed E-state index contributed by atoms with van der Waals surface area (Å²) >= 11 is 0. The van der Waals surface area contributed by atoms with E-state index >= 15 is 0 Å². The third kappa shape index (κ3) is 4.31. The van der Waals surface area contributed by atoms with Crippen molar-refractivity contribution in [2.45, 2.75) is 26.4 Å². The molecule has 9 heteroatoms. The first-order valence-corrected chi connectivity index (χ1v) is 10.1. The lowest BCUT2D eigenvalue weighted by molar-refractivity contribution is 0.0663. The molecule has 1 atom stereocenters. The summed E-state index contributed by atoms with van der Waals surface area (Å²) in [5, 5.41) is 0.843.